The Hall–Kier alpha value is -2.71. The van der Waals surface area contributed by atoms with Crippen molar-refractivity contribution < 1.29 is 39.5 Å². The van der Waals surface area contributed by atoms with Crippen LogP contribution < -0.4 is 0 Å². The maximum atomic E-state index is 14.1. The summed E-state index contributed by atoms with van der Waals surface area (Å²) in [5.74, 6) is -19.3. The molecule has 0 aliphatic heterocycles. The van der Waals surface area contributed by atoms with Crippen molar-refractivity contribution in [2.24, 2.45) is 0 Å². The Labute approximate surface area is 131 Å². The summed E-state index contributed by atoms with van der Waals surface area (Å²) in [6.07, 6.45) is 0. The van der Waals surface area contributed by atoms with Gasteiger partial charge in [0.25, 0.3) is 0 Å². The van der Waals surface area contributed by atoms with Gasteiger partial charge >= 0.3 is 0 Å². The van der Waals surface area contributed by atoms with Crippen LogP contribution in [0.1, 0.15) is 0 Å². The van der Waals surface area contributed by atoms with Crippen LogP contribution in [0, 0.1) is 58.4 Å². The molecule has 0 aliphatic carbocycles. The highest BCUT2D eigenvalue weighted by atomic mass is 19.2. The summed E-state index contributed by atoms with van der Waals surface area (Å²) in [5, 5.41) is -8.02. The lowest BCUT2D eigenvalue weighted by molar-refractivity contribution is 0.448. The molecule has 0 fully saturated rings. The lowest BCUT2D eigenvalue weighted by atomic mass is 9.91. The van der Waals surface area contributed by atoms with E-state index in [2.05, 4.69) is 0 Å². The first-order valence-corrected chi connectivity index (χ1v) is 6.45. The Morgan fingerprint density at radius 2 is 0.760 bits per heavy atom. The van der Waals surface area contributed by atoms with E-state index in [0.717, 1.165) is 0 Å². The standard InChI is InChI=1S/C16F9/c17-3-1-2-4-5-7(11(20)9(2)18)14(23)16(25)15(24)8(5)13(22)12(21)6(4)10(3)19. The monoisotopic (exact) mass is 363 g/mol. The summed E-state index contributed by atoms with van der Waals surface area (Å²) in [7, 11) is 0. The summed E-state index contributed by atoms with van der Waals surface area (Å²) < 4.78 is 125. The normalized spacial score (nSPS) is 12.2. The van der Waals surface area contributed by atoms with Gasteiger partial charge in [0.2, 0.25) is 0 Å². The molecular formula is C16F9. The van der Waals surface area contributed by atoms with Crippen LogP contribution >= 0.6 is 0 Å². The molecule has 1 radical (unpaired) electrons. The average molecular weight is 363 g/mol. The second kappa shape index (κ2) is 4.68. The molecule has 25 heavy (non-hydrogen) atoms. The van der Waals surface area contributed by atoms with Gasteiger partial charge in [0.05, 0.1) is 16.2 Å². The fourth-order valence-electron chi connectivity index (χ4n) is 2.95. The molecule has 0 N–H and O–H groups in total. The first-order chi connectivity index (χ1) is 11.7. The number of halogens is 9. The minimum atomic E-state index is -2.38. The van der Waals surface area contributed by atoms with Crippen LogP contribution in [0.4, 0.5) is 39.5 Å². The molecule has 9 heteroatoms. The highest BCUT2D eigenvalue weighted by Crippen LogP contribution is 2.44. The van der Waals surface area contributed by atoms with Crippen LogP contribution in [0.3, 0.4) is 0 Å². The van der Waals surface area contributed by atoms with Gasteiger partial charge in [-0.3, -0.25) is 0 Å². The third-order valence-corrected chi connectivity index (χ3v) is 3.98. The molecule has 0 atom stereocenters. The Morgan fingerprint density at radius 1 is 0.360 bits per heavy atom. The molecule has 0 spiro atoms. The van der Waals surface area contributed by atoms with Gasteiger partial charge in [-0.25, -0.2) is 39.5 Å². The predicted molar refractivity (Wildman–Crippen MR) is 68.6 cm³/mol. The van der Waals surface area contributed by atoms with Crippen LogP contribution in [0.25, 0.3) is 32.3 Å². The van der Waals surface area contributed by atoms with E-state index in [1.54, 1.807) is 0 Å². The van der Waals surface area contributed by atoms with E-state index in [1.807, 2.05) is 0 Å². The minimum Gasteiger partial charge on any atom is -0.203 e. The zero-order chi connectivity index (χ0) is 18.4. The Bertz CT molecular complexity index is 1200. The third-order valence-electron chi connectivity index (χ3n) is 3.98. The van der Waals surface area contributed by atoms with E-state index in [4.69, 9.17) is 0 Å². The van der Waals surface area contributed by atoms with E-state index in [-0.39, 0.29) is 0 Å². The fourth-order valence-corrected chi connectivity index (χ4v) is 2.95. The van der Waals surface area contributed by atoms with Crippen molar-refractivity contribution in [3.05, 3.63) is 58.4 Å². The molecule has 0 aromatic heterocycles. The molecule has 4 aromatic rings. The van der Waals surface area contributed by atoms with Gasteiger partial charge in [0.15, 0.2) is 52.4 Å². The van der Waals surface area contributed by atoms with Crippen molar-refractivity contribution >= 4 is 32.3 Å². The van der Waals surface area contributed by atoms with Crippen molar-refractivity contribution in [2.45, 2.75) is 0 Å². The SMILES string of the molecule is Fc1[c]c2c(F)c(F)c3c(F)c(F)c(F)c4c(F)c(F)c(c1F)c2c34. The van der Waals surface area contributed by atoms with Crippen LogP contribution in [-0.2, 0) is 0 Å². The molecule has 0 heterocycles. The Balaban J connectivity index is 2.60. The van der Waals surface area contributed by atoms with E-state index in [1.165, 1.54) is 6.07 Å². The van der Waals surface area contributed by atoms with Gasteiger partial charge in [-0.05, 0) is 0 Å². The summed E-state index contributed by atoms with van der Waals surface area (Å²) in [5.41, 5.74) is 0. The van der Waals surface area contributed by atoms with Gasteiger partial charge in [0, 0.05) is 22.2 Å². The van der Waals surface area contributed by atoms with Crippen molar-refractivity contribution in [1.29, 1.82) is 0 Å². The lowest BCUT2D eigenvalue weighted by Gasteiger charge is -2.16. The number of hydrogen-bond acceptors (Lipinski definition) is 0. The summed E-state index contributed by atoms with van der Waals surface area (Å²) in [6, 6.07) is 1.44. The van der Waals surface area contributed by atoms with E-state index >= 15 is 0 Å². The van der Waals surface area contributed by atoms with Crippen molar-refractivity contribution in [3.8, 4) is 0 Å². The van der Waals surface area contributed by atoms with E-state index < -0.39 is 84.7 Å². The van der Waals surface area contributed by atoms with Crippen LogP contribution in [0.15, 0.2) is 0 Å². The van der Waals surface area contributed by atoms with Gasteiger partial charge in [-0.1, -0.05) is 0 Å². The van der Waals surface area contributed by atoms with Crippen molar-refractivity contribution in [1.82, 2.24) is 0 Å². The van der Waals surface area contributed by atoms with Crippen LogP contribution in [-0.4, -0.2) is 0 Å². The minimum absolute atomic E-state index is 1.06. The van der Waals surface area contributed by atoms with Gasteiger partial charge in [-0.2, -0.15) is 0 Å². The maximum absolute atomic E-state index is 14.1. The van der Waals surface area contributed by atoms with Crippen molar-refractivity contribution in [2.75, 3.05) is 0 Å². The zero-order valence-electron chi connectivity index (χ0n) is 11.4. The average Bonchev–Trinajstić information content (AvgIpc) is 2.57. The molecule has 127 valence electrons. The number of rotatable bonds is 0. The number of hydrogen-bond donors (Lipinski definition) is 0. The largest absolute Gasteiger partial charge is 0.203 e. The van der Waals surface area contributed by atoms with Crippen molar-refractivity contribution in [3.63, 3.8) is 0 Å². The Morgan fingerprint density at radius 3 is 1.28 bits per heavy atom. The maximum Gasteiger partial charge on any atom is 0.195 e. The highest BCUT2D eigenvalue weighted by molar-refractivity contribution is 6.23. The molecule has 0 saturated carbocycles. The smallest absolute Gasteiger partial charge is 0.195 e. The second-order valence-electron chi connectivity index (χ2n) is 5.20. The van der Waals surface area contributed by atoms with Crippen LogP contribution in [0.2, 0.25) is 0 Å². The molecule has 0 unspecified atom stereocenters. The summed E-state index contributed by atoms with van der Waals surface area (Å²) in [6.45, 7) is 0. The molecule has 4 rings (SSSR count). The first kappa shape index (κ1) is 15.8. The molecule has 0 bridgehead atoms. The number of benzene rings is 4. The van der Waals surface area contributed by atoms with E-state index in [9.17, 15) is 39.5 Å². The Kier molecular flexibility index (Phi) is 2.96. The molecule has 0 nitrogen and oxygen atoms in total. The van der Waals surface area contributed by atoms with Crippen LogP contribution in [0.5, 0.6) is 0 Å². The third kappa shape index (κ3) is 1.65. The molecule has 0 aliphatic rings. The second-order valence-corrected chi connectivity index (χ2v) is 5.20. The van der Waals surface area contributed by atoms with Gasteiger partial charge in [-0.15, -0.1) is 0 Å². The molecular weight excluding hydrogens is 363 g/mol. The topological polar surface area (TPSA) is 0 Å². The highest BCUT2D eigenvalue weighted by Gasteiger charge is 2.33. The lowest BCUT2D eigenvalue weighted by Crippen LogP contribution is -2.06. The predicted octanol–water partition coefficient (Wildman–Crippen LogP) is 5.64. The van der Waals surface area contributed by atoms with E-state index in [0.29, 0.717) is 0 Å². The van der Waals surface area contributed by atoms with Gasteiger partial charge < -0.3 is 0 Å². The fraction of sp³-hybridized carbons (Fsp3) is 0. The zero-order valence-corrected chi connectivity index (χ0v) is 11.4. The summed E-state index contributed by atoms with van der Waals surface area (Å²) >= 11 is 0. The quantitative estimate of drug-likeness (QED) is 0.216. The first-order valence-electron chi connectivity index (χ1n) is 6.45. The van der Waals surface area contributed by atoms with Gasteiger partial charge in [0.1, 0.15) is 0 Å². The molecule has 4 aromatic carbocycles. The molecule has 0 amide bonds. The molecule has 0 saturated heterocycles. The summed E-state index contributed by atoms with van der Waals surface area (Å²) in [4.78, 5) is 0.